The molecule has 2 aromatic rings. The number of likely N-dealkylation sites (tertiary alicyclic amines) is 1. The molecule has 1 amide bonds. The Labute approximate surface area is 148 Å². The Morgan fingerprint density at radius 2 is 1.88 bits per heavy atom. The molecule has 0 bridgehead atoms. The van der Waals surface area contributed by atoms with Crippen LogP contribution < -0.4 is 10.1 Å². The molecule has 4 nitrogen and oxygen atoms in total. The summed E-state index contributed by atoms with van der Waals surface area (Å²) in [6, 6.07) is 18.4. The number of ether oxygens (including phenoxy) is 1. The van der Waals surface area contributed by atoms with Crippen molar-refractivity contribution in [1.82, 2.24) is 10.2 Å². The van der Waals surface area contributed by atoms with Gasteiger partial charge >= 0.3 is 0 Å². The number of nitrogens with zero attached hydrogens (tertiary/aromatic N) is 1. The van der Waals surface area contributed by atoms with Crippen molar-refractivity contribution < 1.29 is 9.53 Å². The summed E-state index contributed by atoms with van der Waals surface area (Å²) in [5.41, 5.74) is 2.35. The Morgan fingerprint density at radius 3 is 2.76 bits per heavy atom. The zero-order valence-electron chi connectivity index (χ0n) is 14.4. The molecule has 25 heavy (non-hydrogen) atoms. The molecular formula is C21H24N2O2. The molecule has 1 N–H and O–H groups in total. The summed E-state index contributed by atoms with van der Waals surface area (Å²) in [7, 11) is 0. The van der Waals surface area contributed by atoms with Crippen LogP contribution in [0.4, 0.5) is 0 Å². The molecule has 2 aliphatic heterocycles. The molecule has 0 radical (unpaired) electrons. The van der Waals surface area contributed by atoms with Crippen molar-refractivity contribution in [2.75, 3.05) is 13.2 Å². The number of para-hydroxylation sites is 1. The van der Waals surface area contributed by atoms with E-state index >= 15 is 0 Å². The summed E-state index contributed by atoms with van der Waals surface area (Å²) >= 11 is 0. The van der Waals surface area contributed by atoms with Crippen molar-refractivity contribution in [1.29, 1.82) is 0 Å². The first-order valence-electron chi connectivity index (χ1n) is 9.11. The molecule has 0 aromatic heterocycles. The summed E-state index contributed by atoms with van der Waals surface area (Å²) < 4.78 is 5.70. The zero-order chi connectivity index (χ0) is 17.1. The molecule has 0 aliphatic carbocycles. The van der Waals surface area contributed by atoms with Crippen molar-refractivity contribution in [3.63, 3.8) is 0 Å². The quantitative estimate of drug-likeness (QED) is 0.931. The van der Waals surface area contributed by atoms with Crippen LogP contribution in [0.3, 0.4) is 0 Å². The van der Waals surface area contributed by atoms with Gasteiger partial charge in [-0.25, -0.2) is 0 Å². The first kappa shape index (κ1) is 16.2. The Balaban J connectivity index is 1.44. The van der Waals surface area contributed by atoms with Crippen LogP contribution in [0.5, 0.6) is 5.75 Å². The molecule has 2 aliphatic rings. The van der Waals surface area contributed by atoms with Gasteiger partial charge in [-0.1, -0.05) is 48.5 Å². The van der Waals surface area contributed by atoms with Gasteiger partial charge in [0, 0.05) is 18.5 Å². The minimum atomic E-state index is -0.0322. The van der Waals surface area contributed by atoms with Crippen molar-refractivity contribution >= 4 is 5.91 Å². The van der Waals surface area contributed by atoms with E-state index in [4.69, 9.17) is 4.74 Å². The van der Waals surface area contributed by atoms with Gasteiger partial charge in [0.15, 0.2) is 0 Å². The molecular weight excluding hydrogens is 312 g/mol. The topological polar surface area (TPSA) is 41.6 Å². The molecule has 1 saturated heterocycles. The molecule has 2 heterocycles. The Kier molecular flexibility index (Phi) is 4.70. The van der Waals surface area contributed by atoms with Gasteiger partial charge in [0.1, 0.15) is 5.75 Å². The van der Waals surface area contributed by atoms with E-state index in [-0.39, 0.29) is 18.0 Å². The normalized spacial score (nSPS) is 22.9. The lowest BCUT2D eigenvalue weighted by Gasteiger charge is -2.30. The largest absolute Gasteiger partial charge is 0.493 e. The lowest BCUT2D eigenvalue weighted by atomic mass is 10.00. The summed E-state index contributed by atoms with van der Waals surface area (Å²) in [5, 5.41) is 3.27. The number of rotatable bonds is 4. The number of benzene rings is 2. The van der Waals surface area contributed by atoms with Crippen LogP contribution in [0.2, 0.25) is 0 Å². The minimum absolute atomic E-state index is 0.0322. The van der Waals surface area contributed by atoms with E-state index in [2.05, 4.69) is 40.5 Å². The fraction of sp³-hybridized carbons (Fsp3) is 0.381. The van der Waals surface area contributed by atoms with E-state index in [1.54, 1.807) is 0 Å². The van der Waals surface area contributed by atoms with Gasteiger partial charge in [-0.2, -0.15) is 0 Å². The maximum atomic E-state index is 12.9. The lowest BCUT2D eigenvalue weighted by Crippen LogP contribution is -2.45. The monoisotopic (exact) mass is 336 g/mol. The number of carbonyl (C=O) groups excluding carboxylic acids is 1. The summed E-state index contributed by atoms with van der Waals surface area (Å²) in [6.45, 7) is 2.47. The minimum Gasteiger partial charge on any atom is -0.493 e. The van der Waals surface area contributed by atoms with Crippen molar-refractivity contribution in [3.05, 3.63) is 65.7 Å². The molecule has 0 unspecified atom stereocenters. The average molecular weight is 336 g/mol. The molecule has 130 valence electrons. The summed E-state index contributed by atoms with van der Waals surface area (Å²) in [6.07, 6.45) is 2.84. The Bertz CT molecular complexity index is 732. The first-order valence-corrected chi connectivity index (χ1v) is 9.11. The highest BCUT2D eigenvalue weighted by Crippen LogP contribution is 2.32. The van der Waals surface area contributed by atoms with Gasteiger partial charge in [0.2, 0.25) is 5.91 Å². The standard InChI is InChI=1S/C21H24N2O2/c24-21(22-18-12-14-25-20-11-5-4-9-17(18)20)19-10-6-13-23(19)15-16-7-2-1-3-8-16/h1-5,7-9,11,18-19H,6,10,12-15H2,(H,22,24)/t18-,19-/m0/s1. The van der Waals surface area contributed by atoms with E-state index in [1.807, 2.05) is 24.3 Å². The van der Waals surface area contributed by atoms with E-state index in [0.29, 0.717) is 6.61 Å². The summed E-state index contributed by atoms with van der Waals surface area (Å²) in [5.74, 6) is 1.04. The predicted molar refractivity (Wildman–Crippen MR) is 97.3 cm³/mol. The lowest BCUT2D eigenvalue weighted by molar-refractivity contribution is -0.126. The SMILES string of the molecule is O=C(N[C@H]1CCOc2ccccc21)[C@@H]1CCCN1Cc1ccccc1. The van der Waals surface area contributed by atoms with Gasteiger partial charge in [0.25, 0.3) is 0 Å². The van der Waals surface area contributed by atoms with Gasteiger partial charge in [-0.05, 0) is 31.0 Å². The fourth-order valence-corrected chi connectivity index (χ4v) is 3.89. The van der Waals surface area contributed by atoms with Gasteiger partial charge < -0.3 is 10.1 Å². The molecule has 4 rings (SSSR count). The third-order valence-corrected chi connectivity index (χ3v) is 5.17. The number of amides is 1. The van der Waals surface area contributed by atoms with Crippen LogP contribution in [0.15, 0.2) is 54.6 Å². The maximum Gasteiger partial charge on any atom is 0.237 e. The third-order valence-electron chi connectivity index (χ3n) is 5.17. The van der Waals surface area contributed by atoms with E-state index in [0.717, 1.165) is 43.7 Å². The van der Waals surface area contributed by atoms with Crippen LogP contribution in [0, 0.1) is 0 Å². The van der Waals surface area contributed by atoms with Gasteiger partial charge in [-0.3, -0.25) is 9.69 Å². The highest BCUT2D eigenvalue weighted by Gasteiger charge is 2.33. The number of carbonyl (C=O) groups is 1. The molecule has 0 spiro atoms. The fourth-order valence-electron chi connectivity index (χ4n) is 3.89. The van der Waals surface area contributed by atoms with E-state index < -0.39 is 0 Å². The Hall–Kier alpha value is -2.33. The van der Waals surface area contributed by atoms with E-state index in [9.17, 15) is 4.79 Å². The smallest absolute Gasteiger partial charge is 0.237 e. The predicted octanol–water partition coefficient (Wildman–Crippen LogP) is 3.29. The van der Waals surface area contributed by atoms with Crippen molar-refractivity contribution in [3.8, 4) is 5.75 Å². The first-order chi connectivity index (χ1) is 12.3. The van der Waals surface area contributed by atoms with Crippen LogP contribution in [-0.2, 0) is 11.3 Å². The molecule has 0 saturated carbocycles. The average Bonchev–Trinajstić information content (AvgIpc) is 3.11. The second-order valence-electron chi connectivity index (χ2n) is 6.85. The highest BCUT2D eigenvalue weighted by molar-refractivity contribution is 5.82. The van der Waals surface area contributed by atoms with Crippen LogP contribution in [0.25, 0.3) is 0 Å². The summed E-state index contributed by atoms with van der Waals surface area (Å²) in [4.78, 5) is 15.2. The molecule has 2 atom stereocenters. The molecule has 4 heteroatoms. The van der Waals surface area contributed by atoms with Crippen LogP contribution in [0.1, 0.15) is 36.4 Å². The third kappa shape index (κ3) is 3.54. The van der Waals surface area contributed by atoms with Crippen LogP contribution in [-0.4, -0.2) is 30.0 Å². The molecule has 2 aromatic carbocycles. The number of hydrogen-bond acceptors (Lipinski definition) is 3. The Morgan fingerprint density at radius 1 is 1.08 bits per heavy atom. The second-order valence-corrected chi connectivity index (χ2v) is 6.85. The number of nitrogens with one attached hydrogen (secondary N) is 1. The second kappa shape index (κ2) is 7.28. The van der Waals surface area contributed by atoms with Gasteiger partial charge in [-0.15, -0.1) is 0 Å². The molecule has 1 fully saturated rings. The maximum absolute atomic E-state index is 12.9. The zero-order valence-corrected chi connectivity index (χ0v) is 14.4. The van der Waals surface area contributed by atoms with Gasteiger partial charge in [0.05, 0.1) is 18.7 Å². The van der Waals surface area contributed by atoms with E-state index in [1.165, 1.54) is 5.56 Å². The number of fused-ring (bicyclic) bond motifs is 1. The highest BCUT2D eigenvalue weighted by atomic mass is 16.5. The van der Waals surface area contributed by atoms with Crippen molar-refractivity contribution in [2.45, 2.75) is 37.9 Å². The van der Waals surface area contributed by atoms with Crippen LogP contribution >= 0.6 is 0 Å². The van der Waals surface area contributed by atoms with Crippen molar-refractivity contribution in [2.24, 2.45) is 0 Å². The number of hydrogen-bond donors (Lipinski definition) is 1.